The maximum Gasteiger partial charge on any atom is 0.315 e. The van der Waals surface area contributed by atoms with Crippen molar-refractivity contribution < 1.29 is 13.7 Å². The first-order valence-corrected chi connectivity index (χ1v) is 9.19. The summed E-state index contributed by atoms with van der Waals surface area (Å²) in [6, 6.07) is 0. The van der Waals surface area contributed by atoms with Gasteiger partial charge in [0.1, 0.15) is 5.92 Å². The molecule has 20 heavy (non-hydrogen) atoms. The second kappa shape index (κ2) is 6.67. The number of ether oxygens (including phenoxy) is 1. The molecule has 0 bridgehead atoms. The predicted octanol–water partition coefficient (Wildman–Crippen LogP) is 1.91. The summed E-state index contributed by atoms with van der Waals surface area (Å²) in [5, 5.41) is 4.09. The highest BCUT2D eigenvalue weighted by molar-refractivity contribution is 7.84. The highest BCUT2D eigenvalue weighted by atomic mass is 32.2. The lowest BCUT2D eigenvalue weighted by molar-refractivity contribution is -0.145. The smallest absolute Gasteiger partial charge is 0.315 e. The molecule has 1 aliphatic carbocycles. The number of carbonyl (C=O) groups excluding carboxylic acids is 1. The normalized spacial score (nSPS) is 20.2. The zero-order valence-electron chi connectivity index (χ0n) is 12.0. The summed E-state index contributed by atoms with van der Waals surface area (Å²) in [6.45, 7) is 4.78. The molecule has 0 aliphatic heterocycles. The number of rotatable bonds is 6. The Balaban J connectivity index is 2.01. The molecule has 0 fully saturated rings. The van der Waals surface area contributed by atoms with Crippen LogP contribution in [0.25, 0.3) is 0 Å². The van der Waals surface area contributed by atoms with Gasteiger partial charge in [0.05, 0.1) is 12.3 Å². The van der Waals surface area contributed by atoms with Gasteiger partial charge in [-0.05, 0) is 26.7 Å². The van der Waals surface area contributed by atoms with Gasteiger partial charge in [-0.15, -0.1) is 11.3 Å². The summed E-state index contributed by atoms with van der Waals surface area (Å²) >= 11 is 1.59. The Labute approximate surface area is 125 Å². The van der Waals surface area contributed by atoms with Crippen molar-refractivity contribution in [3.05, 3.63) is 10.6 Å². The van der Waals surface area contributed by atoms with Crippen molar-refractivity contribution in [1.82, 2.24) is 4.98 Å². The molecule has 3 atom stereocenters. The van der Waals surface area contributed by atoms with Gasteiger partial charge < -0.3 is 10.1 Å². The van der Waals surface area contributed by atoms with E-state index in [0.717, 1.165) is 28.5 Å². The second-order valence-corrected chi connectivity index (χ2v) is 7.75. The summed E-state index contributed by atoms with van der Waals surface area (Å²) < 4.78 is 16.4. The standard InChI is InChI=1S/C13H20N2O3S2/c1-4-18-12(16)9-5-6-10-11(9)15-13(19-10)14-7-8(2)20(3)17/h8-9H,4-7H2,1-3H3,(H,14,15). The van der Waals surface area contributed by atoms with Gasteiger partial charge in [0.25, 0.3) is 0 Å². The predicted molar refractivity (Wildman–Crippen MR) is 81.8 cm³/mol. The Morgan fingerprint density at radius 3 is 3.05 bits per heavy atom. The molecule has 1 heterocycles. The lowest BCUT2D eigenvalue weighted by Gasteiger charge is -2.09. The van der Waals surface area contributed by atoms with E-state index in [1.165, 1.54) is 0 Å². The van der Waals surface area contributed by atoms with Gasteiger partial charge in [-0.1, -0.05) is 0 Å². The van der Waals surface area contributed by atoms with Crippen LogP contribution in [-0.2, 0) is 26.8 Å². The van der Waals surface area contributed by atoms with Crippen LogP contribution in [0.3, 0.4) is 0 Å². The van der Waals surface area contributed by atoms with E-state index in [9.17, 15) is 9.00 Å². The molecule has 2 rings (SSSR count). The van der Waals surface area contributed by atoms with Gasteiger partial charge in [-0.2, -0.15) is 0 Å². The summed E-state index contributed by atoms with van der Waals surface area (Å²) in [7, 11) is -0.847. The zero-order valence-corrected chi connectivity index (χ0v) is 13.6. The maximum absolute atomic E-state index is 11.9. The number of aryl methyl sites for hydroxylation is 1. The second-order valence-electron chi connectivity index (χ2n) is 4.86. The first-order chi connectivity index (χ1) is 9.52. The molecule has 3 unspecified atom stereocenters. The van der Waals surface area contributed by atoms with Crippen LogP contribution in [0, 0.1) is 0 Å². The number of hydrogen-bond acceptors (Lipinski definition) is 6. The monoisotopic (exact) mass is 316 g/mol. The van der Waals surface area contributed by atoms with Crippen LogP contribution >= 0.6 is 11.3 Å². The van der Waals surface area contributed by atoms with Crippen LogP contribution in [-0.4, -0.2) is 39.8 Å². The molecule has 7 heteroatoms. The number of thiazole rings is 1. The van der Waals surface area contributed by atoms with E-state index in [1.54, 1.807) is 17.6 Å². The van der Waals surface area contributed by atoms with Crippen molar-refractivity contribution in [2.24, 2.45) is 0 Å². The lowest BCUT2D eigenvalue weighted by atomic mass is 10.1. The minimum absolute atomic E-state index is 0.0783. The molecule has 0 saturated heterocycles. The quantitative estimate of drug-likeness (QED) is 0.812. The van der Waals surface area contributed by atoms with E-state index in [-0.39, 0.29) is 17.1 Å². The average Bonchev–Trinajstić information content (AvgIpc) is 2.95. The van der Waals surface area contributed by atoms with Gasteiger partial charge in [-0.25, -0.2) is 4.98 Å². The van der Waals surface area contributed by atoms with Crippen molar-refractivity contribution >= 4 is 33.2 Å². The Kier molecular flexibility index (Phi) is 5.15. The third-order valence-electron chi connectivity index (χ3n) is 3.40. The molecule has 0 amide bonds. The third kappa shape index (κ3) is 3.38. The van der Waals surface area contributed by atoms with Crippen molar-refractivity contribution in [1.29, 1.82) is 0 Å². The molecule has 112 valence electrons. The summed E-state index contributed by atoms with van der Waals surface area (Å²) in [5.74, 6) is -0.388. The minimum atomic E-state index is -0.847. The van der Waals surface area contributed by atoms with Crippen LogP contribution in [0.2, 0.25) is 0 Å². The average molecular weight is 316 g/mol. The highest BCUT2D eigenvalue weighted by Crippen LogP contribution is 2.38. The van der Waals surface area contributed by atoms with Crippen molar-refractivity contribution in [2.75, 3.05) is 24.7 Å². The minimum Gasteiger partial charge on any atom is -0.465 e. The number of nitrogens with zero attached hydrogens (tertiary/aromatic N) is 1. The van der Waals surface area contributed by atoms with Crippen LogP contribution < -0.4 is 5.32 Å². The molecule has 0 aromatic carbocycles. The fourth-order valence-electron chi connectivity index (χ4n) is 2.12. The van der Waals surface area contributed by atoms with Crippen LogP contribution in [0.5, 0.6) is 0 Å². The number of carbonyl (C=O) groups is 1. The van der Waals surface area contributed by atoms with E-state index in [4.69, 9.17) is 4.74 Å². The molecule has 5 nitrogen and oxygen atoms in total. The van der Waals surface area contributed by atoms with E-state index >= 15 is 0 Å². The molecule has 1 N–H and O–H groups in total. The molecular formula is C13H20N2O3S2. The summed E-state index contributed by atoms with van der Waals surface area (Å²) in [4.78, 5) is 17.5. The van der Waals surface area contributed by atoms with E-state index < -0.39 is 10.8 Å². The zero-order chi connectivity index (χ0) is 14.7. The van der Waals surface area contributed by atoms with Crippen molar-refractivity contribution in [3.63, 3.8) is 0 Å². The Morgan fingerprint density at radius 2 is 2.40 bits per heavy atom. The highest BCUT2D eigenvalue weighted by Gasteiger charge is 2.33. The van der Waals surface area contributed by atoms with Crippen LogP contribution in [0.15, 0.2) is 0 Å². The largest absolute Gasteiger partial charge is 0.465 e. The Hall–Kier alpha value is -0.950. The Morgan fingerprint density at radius 1 is 1.65 bits per heavy atom. The molecule has 1 aromatic heterocycles. The van der Waals surface area contributed by atoms with Gasteiger partial charge >= 0.3 is 5.97 Å². The third-order valence-corrected chi connectivity index (χ3v) is 5.78. The van der Waals surface area contributed by atoms with Crippen LogP contribution in [0.4, 0.5) is 5.13 Å². The molecule has 0 saturated carbocycles. The molecular weight excluding hydrogens is 296 g/mol. The number of esters is 1. The summed E-state index contributed by atoms with van der Waals surface area (Å²) in [5.41, 5.74) is 0.862. The molecule has 1 aromatic rings. The van der Waals surface area contributed by atoms with Gasteiger partial charge in [-0.3, -0.25) is 9.00 Å². The van der Waals surface area contributed by atoms with E-state index in [2.05, 4.69) is 10.3 Å². The number of anilines is 1. The van der Waals surface area contributed by atoms with E-state index in [1.807, 2.05) is 13.8 Å². The number of fused-ring (bicyclic) bond motifs is 1. The van der Waals surface area contributed by atoms with Gasteiger partial charge in [0.2, 0.25) is 0 Å². The van der Waals surface area contributed by atoms with Gasteiger partial charge in [0, 0.05) is 33.7 Å². The molecule has 0 radical (unpaired) electrons. The molecule has 1 aliphatic rings. The van der Waals surface area contributed by atoms with Crippen molar-refractivity contribution in [3.8, 4) is 0 Å². The topological polar surface area (TPSA) is 68.3 Å². The van der Waals surface area contributed by atoms with Crippen LogP contribution in [0.1, 0.15) is 36.8 Å². The first kappa shape index (κ1) is 15.4. The Bertz CT molecular complexity index is 516. The number of aromatic nitrogens is 1. The van der Waals surface area contributed by atoms with E-state index in [0.29, 0.717) is 13.2 Å². The fourth-order valence-corrected chi connectivity index (χ4v) is 3.49. The maximum atomic E-state index is 11.9. The first-order valence-electron chi connectivity index (χ1n) is 6.75. The fraction of sp³-hybridized carbons (Fsp3) is 0.692. The number of hydrogen-bond donors (Lipinski definition) is 1. The number of nitrogens with one attached hydrogen (secondary N) is 1. The summed E-state index contributed by atoms with van der Waals surface area (Å²) in [6.07, 6.45) is 3.38. The van der Waals surface area contributed by atoms with Crippen molar-refractivity contribution in [2.45, 2.75) is 37.9 Å². The SMILES string of the molecule is CCOC(=O)C1CCc2sc(NCC(C)S(C)=O)nc21. The van der Waals surface area contributed by atoms with Gasteiger partial charge in [0.15, 0.2) is 5.13 Å². The molecule has 0 spiro atoms. The lowest BCUT2D eigenvalue weighted by Crippen LogP contribution is -2.20.